The number of nitrogens with one attached hydrogen (secondary N) is 1. The van der Waals surface area contributed by atoms with Gasteiger partial charge in [-0.3, -0.25) is 0 Å². The van der Waals surface area contributed by atoms with E-state index in [1.807, 2.05) is 36.4 Å². The van der Waals surface area contributed by atoms with Gasteiger partial charge in [0.2, 0.25) is 0 Å². The van der Waals surface area contributed by atoms with E-state index in [0.29, 0.717) is 19.8 Å². The van der Waals surface area contributed by atoms with Crippen LogP contribution in [0.4, 0.5) is 0 Å². The summed E-state index contributed by atoms with van der Waals surface area (Å²) in [6.45, 7) is 5.38. The van der Waals surface area contributed by atoms with Gasteiger partial charge in [-0.15, -0.1) is 5.10 Å². The molecule has 0 bridgehead atoms. The highest BCUT2D eigenvalue weighted by Crippen LogP contribution is 2.15. The van der Waals surface area contributed by atoms with E-state index in [1.54, 1.807) is 11.0 Å². The minimum atomic E-state index is -0.557. The number of rotatable bonds is 9. The van der Waals surface area contributed by atoms with E-state index in [0.717, 1.165) is 16.8 Å². The maximum atomic E-state index is 10.1. The molecule has 0 saturated heterocycles. The van der Waals surface area contributed by atoms with Gasteiger partial charge < -0.3 is 15.2 Å². The monoisotopic (exact) mass is 367 g/mol. The SMILES string of the molecule is Cc1ccc(COCC(O)CNC(C)c2ccc(-n3cnnn3)cc2)cc1. The van der Waals surface area contributed by atoms with Gasteiger partial charge in [0, 0.05) is 12.6 Å². The van der Waals surface area contributed by atoms with Crippen molar-refractivity contribution in [2.45, 2.75) is 32.6 Å². The molecule has 27 heavy (non-hydrogen) atoms. The Kier molecular flexibility index (Phi) is 6.64. The maximum Gasteiger partial charge on any atom is 0.143 e. The molecule has 0 aliphatic heterocycles. The normalized spacial score (nSPS) is 13.4. The Labute approximate surface area is 159 Å². The van der Waals surface area contributed by atoms with Gasteiger partial charge in [0.15, 0.2) is 0 Å². The zero-order chi connectivity index (χ0) is 19.1. The Morgan fingerprint density at radius 3 is 2.52 bits per heavy atom. The van der Waals surface area contributed by atoms with Crippen molar-refractivity contribution in [3.8, 4) is 5.69 Å². The van der Waals surface area contributed by atoms with Crippen molar-refractivity contribution in [2.24, 2.45) is 0 Å². The molecule has 3 rings (SSSR count). The van der Waals surface area contributed by atoms with Crippen LogP contribution in [0.15, 0.2) is 54.9 Å². The lowest BCUT2D eigenvalue weighted by atomic mass is 10.1. The fraction of sp³-hybridized carbons (Fsp3) is 0.350. The predicted molar refractivity (Wildman–Crippen MR) is 102 cm³/mol. The summed E-state index contributed by atoms with van der Waals surface area (Å²) >= 11 is 0. The molecule has 7 nitrogen and oxygen atoms in total. The minimum Gasteiger partial charge on any atom is -0.389 e. The molecule has 3 aromatic rings. The number of aromatic nitrogens is 4. The van der Waals surface area contributed by atoms with Crippen LogP contribution >= 0.6 is 0 Å². The van der Waals surface area contributed by atoms with Crippen molar-refractivity contribution in [1.29, 1.82) is 0 Å². The third-order valence-electron chi connectivity index (χ3n) is 4.37. The number of aliphatic hydroxyl groups is 1. The number of hydrogen-bond acceptors (Lipinski definition) is 6. The Morgan fingerprint density at radius 2 is 1.85 bits per heavy atom. The number of ether oxygens (including phenoxy) is 1. The molecule has 2 atom stereocenters. The van der Waals surface area contributed by atoms with E-state index in [4.69, 9.17) is 4.74 Å². The van der Waals surface area contributed by atoms with Crippen LogP contribution < -0.4 is 5.32 Å². The number of aryl methyl sites for hydroxylation is 1. The lowest BCUT2D eigenvalue weighted by Crippen LogP contribution is -2.32. The molecule has 0 spiro atoms. The molecular weight excluding hydrogens is 342 g/mol. The fourth-order valence-electron chi connectivity index (χ4n) is 2.68. The molecule has 1 aromatic heterocycles. The van der Waals surface area contributed by atoms with Crippen molar-refractivity contribution in [1.82, 2.24) is 25.5 Å². The van der Waals surface area contributed by atoms with E-state index in [1.165, 1.54) is 5.56 Å². The second-order valence-corrected chi connectivity index (χ2v) is 6.63. The number of hydrogen-bond donors (Lipinski definition) is 2. The lowest BCUT2D eigenvalue weighted by Gasteiger charge is -2.18. The third-order valence-corrected chi connectivity index (χ3v) is 4.37. The first-order valence-corrected chi connectivity index (χ1v) is 9.00. The molecule has 2 aromatic carbocycles. The highest BCUT2D eigenvalue weighted by Gasteiger charge is 2.10. The zero-order valence-electron chi connectivity index (χ0n) is 15.6. The predicted octanol–water partition coefficient (Wildman–Crippen LogP) is 2.20. The van der Waals surface area contributed by atoms with Gasteiger partial charge in [-0.05, 0) is 47.5 Å². The number of tetrazole rings is 1. The van der Waals surface area contributed by atoms with Crippen LogP contribution in [0.25, 0.3) is 5.69 Å². The largest absolute Gasteiger partial charge is 0.389 e. The summed E-state index contributed by atoms with van der Waals surface area (Å²) in [6.07, 6.45) is 1.00. The van der Waals surface area contributed by atoms with Crippen LogP contribution in [0.1, 0.15) is 29.7 Å². The van der Waals surface area contributed by atoms with Gasteiger partial charge >= 0.3 is 0 Å². The van der Waals surface area contributed by atoms with Crippen molar-refractivity contribution >= 4 is 0 Å². The standard InChI is InChI=1S/C20H25N5O2/c1-15-3-5-17(6-4-15)12-27-13-20(26)11-21-16(2)18-7-9-19(10-8-18)25-14-22-23-24-25/h3-10,14,16,20-21,26H,11-13H2,1-2H3. The van der Waals surface area contributed by atoms with Crippen molar-refractivity contribution in [3.05, 3.63) is 71.5 Å². The van der Waals surface area contributed by atoms with E-state index in [2.05, 4.69) is 46.8 Å². The molecule has 0 saturated carbocycles. The zero-order valence-corrected chi connectivity index (χ0v) is 15.6. The Bertz CT molecular complexity index is 803. The molecule has 0 radical (unpaired) electrons. The average molecular weight is 367 g/mol. The first-order chi connectivity index (χ1) is 13.1. The molecule has 1 heterocycles. The van der Waals surface area contributed by atoms with E-state index in [-0.39, 0.29) is 6.04 Å². The van der Waals surface area contributed by atoms with E-state index in [9.17, 15) is 5.11 Å². The van der Waals surface area contributed by atoms with Gasteiger partial charge in [0.1, 0.15) is 6.33 Å². The lowest BCUT2D eigenvalue weighted by molar-refractivity contribution is 0.0278. The molecule has 0 fully saturated rings. The summed E-state index contributed by atoms with van der Waals surface area (Å²) in [7, 11) is 0. The summed E-state index contributed by atoms with van der Waals surface area (Å²) in [5.74, 6) is 0. The second kappa shape index (κ2) is 9.36. The topological polar surface area (TPSA) is 85.1 Å². The summed E-state index contributed by atoms with van der Waals surface area (Å²) in [5.41, 5.74) is 4.36. The Morgan fingerprint density at radius 1 is 1.11 bits per heavy atom. The smallest absolute Gasteiger partial charge is 0.143 e. The van der Waals surface area contributed by atoms with Gasteiger partial charge in [0.05, 0.1) is 25.0 Å². The molecule has 2 unspecified atom stereocenters. The molecule has 2 N–H and O–H groups in total. The van der Waals surface area contributed by atoms with E-state index >= 15 is 0 Å². The highest BCUT2D eigenvalue weighted by molar-refractivity contribution is 5.34. The average Bonchev–Trinajstić information content (AvgIpc) is 3.22. The van der Waals surface area contributed by atoms with Gasteiger partial charge in [-0.25, -0.2) is 4.68 Å². The summed E-state index contributed by atoms with van der Waals surface area (Å²) in [6, 6.07) is 16.3. The number of nitrogens with zero attached hydrogens (tertiary/aromatic N) is 4. The molecular formula is C20H25N5O2. The fourth-order valence-corrected chi connectivity index (χ4v) is 2.68. The van der Waals surface area contributed by atoms with Crippen LogP contribution in [0.2, 0.25) is 0 Å². The van der Waals surface area contributed by atoms with Gasteiger partial charge in [-0.2, -0.15) is 0 Å². The first-order valence-electron chi connectivity index (χ1n) is 9.00. The van der Waals surface area contributed by atoms with Crippen LogP contribution in [0, 0.1) is 6.92 Å². The van der Waals surface area contributed by atoms with Gasteiger partial charge in [-0.1, -0.05) is 42.0 Å². The molecule has 0 aliphatic carbocycles. The van der Waals surface area contributed by atoms with Crippen molar-refractivity contribution in [3.63, 3.8) is 0 Å². The summed E-state index contributed by atoms with van der Waals surface area (Å²) in [5, 5.41) is 24.6. The second-order valence-electron chi connectivity index (χ2n) is 6.63. The third kappa shape index (κ3) is 5.68. The van der Waals surface area contributed by atoms with Crippen LogP contribution in [0.3, 0.4) is 0 Å². The molecule has 7 heteroatoms. The maximum absolute atomic E-state index is 10.1. The highest BCUT2D eigenvalue weighted by atomic mass is 16.5. The quantitative estimate of drug-likeness (QED) is 0.603. The minimum absolute atomic E-state index is 0.111. The summed E-state index contributed by atoms with van der Waals surface area (Å²) < 4.78 is 7.21. The van der Waals surface area contributed by atoms with Crippen LogP contribution in [0.5, 0.6) is 0 Å². The number of benzene rings is 2. The van der Waals surface area contributed by atoms with Crippen molar-refractivity contribution < 1.29 is 9.84 Å². The summed E-state index contributed by atoms with van der Waals surface area (Å²) in [4.78, 5) is 0. The van der Waals surface area contributed by atoms with Crippen LogP contribution in [-0.4, -0.2) is 44.6 Å². The van der Waals surface area contributed by atoms with Crippen LogP contribution in [-0.2, 0) is 11.3 Å². The Hall–Kier alpha value is -2.61. The Balaban J connectivity index is 1.40. The first kappa shape index (κ1) is 19.2. The van der Waals surface area contributed by atoms with E-state index < -0.39 is 6.10 Å². The number of aliphatic hydroxyl groups excluding tert-OH is 1. The molecule has 0 aliphatic rings. The van der Waals surface area contributed by atoms with Gasteiger partial charge in [0.25, 0.3) is 0 Å². The molecule has 0 amide bonds. The van der Waals surface area contributed by atoms with Crippen molar-refractivity contribution in [2.75, 3.05) is 13.2 Å². The molecule has 142 valence electrons.